The number of carbonyl (C=O) groups excluding carboxylic acids is 1. The summed E-state index contributed by atoms with van der Waals surface area (Å²) in [5.74, 6) is -0.439. The van der Waals surface area contributed by atoms with Crippen molar-refractivity contribution < 1.29 is 9.90 Å². The van der Waals surface area contributed by atoms with Gasteiger partial charge in [-0.2, -0.15) is 0 Å². The molecular formula is C22H23ClN4O3. The molecule has 1 aromatic heterocycles. The quantitative estimate of drug-likeness (QED) is 0.562. The Morgan fingerprint density at radius 1 is 1.23 bits per heavy atom. The van der Waals surface area contributed by atoms with Crippen LogP contribution in [0.1, 0.15) is 27.2 Å². The molecule has 8 heteroatoms. The number of halogens is 1. The van der Waals surface area contributed by atoms with Crippen molar-refractivity contribution in [3.05, 3.63) is 80.4 Å². The van der Waals surface area contributed by atoms with E-state index in [4.69, 9.17) is 11.6 Å². The number of hydrogen-bond acceptors (Lipinski definition) is 5. The molecule has 0 aliphatic rings. The molecular weight excluding hydrogens is 404 g/mol. The van der Waals surface area contributed by atoms with Gasteiger partial charge in [0.15, 0.2) is 5.82 Å². The zero-order chi connectivity index (χ0) is 21.8. The van der Waals surface area contributed by atoms with E-state index in [0.717, 1.165) is 12.0 Å². The second-order valence-corrected chi connectivity index (χ2v) is 7.26. The maximum absolute atomic E-state index is 13.1. The van der Waals surface area contributed by atoms with Crippen LogP contribution >= 0.6 is 11.6 Å². The van der Waals surface area contributed by atoms with Gasteiger partial charge in [0.2, 0.25) is 0 Å². The van der Waals surface area contributed by atoms with Crippen molar-refractivity contribution in [2.24, 2.45) is 0 Å². The average Bonchev–Trinajstić information content (AvgIpc) is 2.74. The Morgan fingerprint density at radius 3 is 2.60 bits per heavy atom. The second kappa shape index (κ2) is 9.00. The standard InChI is InChI=1S/C22H23ClN4O3/c1-13-12-26-20(25-10-9-15-7-5-4-6-8-15)22(30)27(13)17-11-16(23)18(21(29)24-3)14(2)19(17)28/h4-8,11-12,28H,9-10H2,1-3H3,(H,24,29)(H,25,26). The van der Waals surface area contributed by atoms with Gasteiger partial charge in [-0.15, -0.1) is 0 Å². The van der Waals surface area contributed by atoms with E-state index in [-0.39, 0.29) is 27.8 Å². The van der Waals surface area contributed by atoms with Crippen molar-refractivity contribution in [1.29, 1.82) is 0 Å². The normalized spacial score (nSPS) is 10.7. The topological polar surface area (TPSA) is 96.3 Å². The lowest BCUT2D eigenvalue weighted by molar-refractivity contribution is 0.0962. The van der Waals surface area contributed by atoms with Gasteiger partial charge in [0.05, 0.1) is 16.3 Å². The third kappa shape index (κ3) is 4.16. The minimum absolute atomic E-state index is 0.140. The fourth-order valence-electron chi connectivity index (χ4n) is 3.25. The lowest BCUT2D eigenvalue weighted by Crippen LogP contribution is -2.27. The van der Waals surface area contributed by atoms with Crippen LogP contribution in [-0.2, 0) is 6.42 Å². The van der Waals surface area contributed by atoms with Crippen LogP contribution in [0.25, 0.3) is 5.69 Å². The molecule has 0 atom stereocenters. The number of amides is 1. The number of benzene rings is 2. The Balaban J connectivity index is 1.98. The van der Waals surface area contributed by atoms with Gasteiger partial charge in [0.1, 0.15) is 5.75 Å². The average molecular weight is 427 g/mol. The molecule has 2 aromatic carbocycles. The first kappa shape index (κ1) is 21.4. The van der Waals surface area contributed by atoms with E-state index in [0.29, 0.717) is 17.8 Å². The van der Waals surface area contributed by atoms with Crippen molar-refractivity contribution in [1.82, 2.24) is 14.9 Å². The minimum atomic E-state index is -0.415. The van der Waals surface area contributed by atoms with E-state index in [1.54, 1.807) is 20.0 Å². The van der Waals surface area contributed by atoms with Gasteiger partial charge in [-0.25, -0.2) is 4.98 Å². The molecule has 0 fully saturated rings. The molecule has 0 aliphatic heterocycles. The lowest BCUT2D eigenvalue weighted by Gasteiger charge is -2.17. The SMILES string of the molecule is CNC(=O)c1c(Cl)cc(-n2c(C)cnc(NCCc3ccccc3)c2=O)c(O)c1C. The Bertz CT molecular complexity index is 1140. The summed E-state index contributed by atoms with van der Waals surface area (Å²) in [5, 5.41) is 16.4. The van der Waals surface area contributed by atoms with Crippen LogP contribution in [0.15, 0.2) is 47.4 Å². The number of hydrogen-bond donors (Lipinski definition) is 3. The van der Waals surface area contributed by atoms with Gasteiger partial charge in [-0.3, -0.25) is 14.2 Å². The number of aromatic nitrogens is 2. The molecule has 3 rings (SSSR count). The molecule has 1 heterocycles. The molecule has 3 N–H and O–H groups in total. The summed E-state index contributed by atoms with van der Waals surface area (Å²) in [5.41, 5.74) is 1.90. The molecule has 30 heavy (non-hydrogen) atoms. The minimum Gasteiger partial charge on any atom is -0.505 e. The van der Waals surface area contributed by atoms with Crippen LogP contribution in [0.4, 0.5) is 5.82 Å². The molecule has 0 saturated heterocycles. The Hall–Kier alpha value is -3.32. The molecule has 0 radical (unpaired) electrons. The van der Waals surface area contributed by atoms with Crippen LogP contribution in [-0.4, -0.2) is 34.2 Å². The summed E-state index contributed by atoms with van der Waals surface area (Å²) in [6.07, 6.45) is 2.27. The number of phenols is 1. The van der Waals surface area contributed by atoms with Crippen molar-refractivity contribution in [3.8, 4) is 11.4 Å². The molecule has 3 aromatic rings. The monoisotopic (exact) mass is 426 g/mol. The first-order valence-corrected chi connectivity index (χ1v) is 9.84. The van der Waals surface area contributed by atoms with Crippen LogP contribution < -0.4 is 16.2 Å². The highest BCUT2D eigenvalue weighted by Gasteiger charge is 2.21. The van der Waals surface area contributed by atoms with Crippen LogP contribution in [0.3, 0.4) is 0 Å². The third-order valence-corrected chi connectivity index (χ3v) is 5.16. The van der Waals surface area contributed by atoms with E-state index in [1.807, 2.05) is 30.3 Å². The first-order valence-electron chi connectivity index (χ1n) is 9.46. The van der Waals surface area contributed by atoms with Crippen molar-refractivity contribution in [3.63, 3.8) is 0 Å². The molecule has 0 spiro atoms. The number of rotatable bonds is 6. The second-order valence-electron chi connectivity index (χ2n) is 6.86. The molecule has 156 valence electrons. The number of aryl methyl sites for hydroxylation is 1. The number of carbonyl (C=O) groups is 1. The van der Waals surface area contributed by atoms with E-state index in [9.17, 15) is 14.7 Å². The summed E-state index contributed by atoms with van der Waals surface area (Å²) >= 11 is 6.31. The summed E-state index contributed by atoms with van der Waals surface area (Å²) in [6.45, 7) is 3.81. The summed E-state index contributed by atoms with van der Waals surface area (Å²) in [7, 11) is 1.48. The van der Waals surface area contributed by atoms with Crippen LogP contribution in [0.2, 0.25) is 5.02 Å². The van der Waals surface area contributed by atoms with Gasteiger partial charge in [0.25, 0.3) is 11.5 Å². The molecule has 0 aliphatic carbocycles. The Labute approximate surface area is 179 Å². The number of aromatic hydroxyl groups is 1. The fourth-order valence-corrected chi connectivity index (χ4v) is 3.58. The molecule has 0 unspecified atom stereocenters. The van der Waals surface area contributed by atoms with Gasteiger partial charge in [-0.1, -0.05) is 41.9 Å². The van der Waals surface area contributed by atoms with Crippen molar-refractivity contribution >= 4 is 23.3 Å². The molecule has 1 amide bonds. The fraction of sp³-hybridized carbons (Fsp3) is 0.227. The molecule has 0 bridgehead atoms. The highest BCUT2D eigenvalue weighted by molar-refractivity contribution is 6.34. The maximum atomic E-state index is 13.1. The lowest BCUT2D eigenvalue weighted by atomic mass is 10.0. The van der Waals surface area contributed by atoms with Gasteiger partial charge < -0.3 is 15.7 Å². The molecule has 0 saturated carbocycles. The first-order chi connectivity index (χ1) is 14.3. The number of nitrogens with zero attached hydrogens (tertiary/aromatic N) is 2. The maximum Gasteiger partial charge on any atom is 0.298 e. The van der Waals surface area contributed by atoms with E-state index < -0.39 is 11.5 Å². The van der Waals surface area contributed by atoms with E-state index >= 15 is 0 Å². The van der Waals surface area contributed by atoms with Gasteiger partial charge in [-0.05, 0) is 31.9 Å². The molecule has 7 nitrogen and oxygen atoms in total. The highest BCUT2D eigenvalue weighted by atomic mass is 35.5. The van der Waals surface area contributed by atoms with Crippen LogP contribution in [0.5, 0.6) is 5.75 Å². The Kier molecular flexibility index (Phi) is 6.42. The number of nitrogens with one attached hydrogen (secondary N) is 2. The smallest absolute Gasteiger partial charge is 0.298 e. The van der Waals surface area contributed by atoms with Gasteiger partial charge >= 0.3 is 0 Å². The predicted molar refractivity (Wildman–Crippen MR) is 118 cm³/mol. The van der Waals surface area contributed by atoms with Crippen molar-refractivity contribution in [2.75, 3.05) is 18.9 Å². The largest absolute Gasteiger partial charge is 0.505 e. The highest BCUT2D eigenvalue weighted by Crippen LogP contribution is 2.34. The number of phenolic OH excluding ortho intramolecular Hbond substituents is 1. The summed E-state index contributed by atoms with van der Waals surface area (Å²) < 4.78 is 1.33. The predicted octanol–water partition coefficient (Wildman–Crippen LogP) is 3.22. The Morgan fingerprint density at radius 2 is 1.93 bits per heavy atom. The van der Waals surface area contributed by atoms with E-state index in [1.165, 1.54) is 17.7 Å². The third-order valence-electron chi connectivity index (χ3n) is 4.86. The van der Waals surface area contributed by atoms with Crippen LogP contribution in [0, 0.1) is 13.8 Å². The van der Waals surface area contributed by atoms with E-state index in [2.05, 4.69) is 15.6 Å². The number of anilines is 1. The zero-order valence-electron chi connectivity index (χ0n) is 17.0. The zero-order valence-corrected chi connectivity index (χ0v) is 17.7. The van der Waals surface area contributed by atoms with Crippen molar-refractivity contribution in [2.45, 2.75) is 20.3 Å². The van der Waals surface area contributed by atoms with Gasteiger partial charge in [0, 0.05) is 31.0 Å². The summed E-state index contributed by atoms with van der Waals surface area (Å²) in [4.78, 5) is 29.4. The summed E-state index contributed by atoms with van der Waals surface area (Å²) in [6, 6.07) is 11.3.